The first-order chi connectivity index (χ1) is 10.8. The van der Waals surface area contributed by atoms with Gasteiger partial charge in [0.1, 0.15) is 16.4 Å². The second-order valence-electron chi connectivity index (χ2n) is 5.87. The first-order valence-electron chi connectivity index (χ1n) is 7.10. The Morgan fingerprint density at radius 1 is 1.39 bits per heavy atom. The molecule has 0 aromatic carbocycles. The number of hydrogen-bond donors (Lipinski definition) is 2. The number of alkyl carbamates (subject to hydrolysis) is 1. The average Bonchev–Trinajstić information content (AvgIpc) is 2.79. The Kier molecular flexibility index (Phi) is 5.49. The molecule has 1 amide bonds. The van der Waals surface area contributed by atoms with Crippen LogP contribution < -0.4 is 5.32 Å². The molecule has 2 aromatic rings. The van der Waals surface area contributed by atoms with E-state index in [9.17, 15) is 4.79 Å². The minimum absolute atomic E-state index is 0.0986. The van der Waals surface area contributed by atoms with Crippen LogP contribution in [0, 0.1) is 0 Å². The quantitative estimate of drug-likeness (QED) is 0.488. The van der Waals surface area contributed by atoms with Gasteiger partial charge in [-0.25, -0.2) is 9.78 Å². The van der Waals surface area contributed by atoms with Crippen molar-refractivity contribution < 1.29 is 9.53 Å². The monoisotopic (exact) mass is 356 g/mol. The number of fused-ring (bicyclic) bond motifs is 1. The van der Waals surface area contributed by atoms with Gasteiger partial charge >= 0.3 is 6.09 Å². The van der Waals surface area contributed by atoms with Gasteiger partial charge in [0.2, 0.25) is 5.28 Å². The summed E-state index contributed by atoms with van der Waals surface area (Å²) in [5.41, 5.74) is 0.947. The number of rotatable bonds is 4. The minimum atomic E-state index is -0.498. The topological polar surface area (TPSA) is 79.9 Å². The van der Waals surface area contributed by atoms with Crippen molar-refractivity contribution in [2.24, 2.45) is 0 Å². The lowest BCUT2D eigenvalue weighted by Crippen LogP contribution is -2.32. The standard InChI is InChI=1S/C15H18Cl2N4O2/c1-15(2,3)23-14(22)18-7-5-4-6-9-8-19-12-10(9)11(16)20-13(17)21-12/h4,6,8H,5,7H2,1-3H3,(H,18,22)(H,19,20,21). The van der Waals surface area contributed by atoms with Crippen LogP contribution in [0.3, 0.4) is 0 Å². The molecule has 0 aliphatic rings. The molecule has 8 heteroatoms. The molecule has 23 heavy (non-hydrogen) atoms. The van der Waals surface area contributed by atoms with Gasteiger partial charge in [-0.1, -0.05) is 23.8 Å². The zero-order chi connectivity index (χ0) is 17.0. The van der Waals surface area contributed by atoms with Gasteiger partial charge in [0.25, 0.3) is 0 Å². The van der Waals surface area contributed by atoms with Crippen molar-refractivity contribution in [2.45, 2.75) is 32.8 Å². The van der Waals surface area contributed by atoms with E-state index in [2.05, 4.69) is 20.3 Å². The predicted molar refractivity (Wildman–Crippen MR) is 91.8 cm³/mol. The molecular weight excluding hydrogens is 339 g/mol. The first kappa shape index (κ1) is 17.6. The lowest BCUT2D eigenvalue weighted by molar-refractivity contribution is 0.0529. The van der Waals surface area contributed by atoms with E-state index in [0.717, 1.165) is 5.56 Å². The van der Waals surface area contributed by atoms with Crippen molar-refractivity contribution in [1.29, 1.82) is 0 Å². The molecule has 0 saturated heterocycles. The number of aromatic nitrogens is 3. The summed E-state index contributed by atoms with van der Waals surface area (Å²) in [6.07, 6.45) is 5.81. The lowest BCUT2D eigenvalue weighted by atomic mass is 10.2. The summed E-state index contributed by atoms with van der Waals surface area (Å²) in [6.45, 7) is 5.94. The molecule has 2 N–H and O–H groups in total. The Hall–Kier alpha value is -1.79. The summed E-state index contributed by atoms with van der Waals surface area (Å²) >= 11 is 11.8. The Labute approximate surface area is 144 Å². The van der Waals surface area contributed by atoms with Gasteiger partial charge in [0, 0.05) is 18.3 Å². The Bertz CT molecular complexity index is 735. The molecule has 0 bridgehead atoms. The number of H-pyrrole nitrogens is 1. The van der Waals surface area contributed by atoms with Gasteiger partial charge in [-0.3, -0.25) is 0 Å². The molecule has 0 atom stereocenters. The number of carbonyl (C=O) groups is 1. The molecule has 2 rings (SSSR count). The minimum Gasteiger partial charge on any atom is -0.444 e. The highest BCUT2D eigenvalue weighted by atomic mass is 35.5. The second kappa shape index (κ2) is 7.19. The smallest absolute Gasteiger partial charge is 0.407 e. The molecule has 0 aliphatic heterocycles. The molecule has 0 spiro atoms. The largest absolute Gasteiger partial charge is 0.444 e. The van der Waals surface area contributed by atoms with Crippen molar-refractivity contribution in [3.8, 4) is 0 Å². The zero-order valence-corrected chi connectivity index (χ0v) is 14.6. The van der Waals surface area contributed by atoms with E-state index in [1.165, 1.54) is 0 Å². The fraction of sp³-hybridized carbons (Fsp3) is 0.400. The normalized spacial score (nSPS) is 12.0. The maximum Gasteiger partial charge on any atom is 0.407 e. The van der Waals surface area contributed by atoms with Crippen LogP contribution in [0.5, 0.6) is 0 Å². The molecule has 2 aromatic heterocycles. The summed E-state index contributed by atoms with van der Waals surface area (Å²) in [7, 11) is 0. The molecular formula is C15H18Cl2N4O2. The van der Waals surface area contributed by atoms with Crippen LogP contribution in [0.2, 0.25) is 10.4 Å². The molecule has 0 radical (unpaired) electrons. The summed E-state index contributed by atoms with van der Waals surface area (Å²) < 4.78 is 5.15. The number of hydrogen-bond acceptors (Lipinski definition) is 4. The van der Waals surface area contributed by atoms with Crippen molar-refractivity contribution in [3.63, 3.8) is 0 Å². The maximum atomic E-state index is 11.5. The van der Waals surface area contributed by atoms with Crippen molar-refractivity contribution in [2.75, 3.05) is 6.54 Å². The number of amides is 1. The van der Waals surface area contributed by atoms with Crippen LogP contribution in [0.1, 0.15) is 32.8 Å². The molecule has 0 fully saturated rings. The summed E-state index contributed by atoms with van der Waals surface area (Å²) in [6, 6.07) is 0. The third-order valence-corrected chi connectivity index (χ3v) is 3.21. The van der Waals surface area contributed by atoms with Gasteiger partial charge in [0.15, 0.2) is 0 Å². The third kappa shape index (κ3) is 5.11. The molecule has 124 valence electrons. The van der Waals surface area contributed by atoms with Crippen molar-refractivity contribution in [3.05, 3.63) is 28.3 Å². The van der Waals surface area contributed by atoms with Crippen molar-refractivity contribution in [1.82, 2.24) is 20.3 Å². The highest BCUT2D eigenvalue weighted by molar-refractivity contribution is 6.36. The van der Waals surface area contributed by atoms with E-state index < -0.39 is 11.7 Å². The predicted octanol–water partition coefficient (Wildman–Crippen LogP) is 4.19. The van der Waals surface area contributed by atoms with Crippen LogP contribution in [-0.2, 0) is 4.74 Å². The fourth-order valence-corrected chi connectivity index (χ4v) is 2.39. The Morgan fingerprint density at radius 3 is 2.83 bits per heavy atom. The number of carbonyl (C=O) groups excluding carboxylic acids is 1. The maximum absolute atomic E-state index is 11.5. The average molecular weight is 357 g/mol. The van der Waals surface area contributed by atoms with E-state index in [-0.39, 0.29) is 5.28 Å². The summed E-state index contributed by atoms with van der Waals surface area (Å²) in [4.78, 5) is 22.5. The number of nitrogens with one attached hydrogen (secondary N) is 2. The van der Waals surface area contributed by atoms with E-state index in [1.54, 1.807) is 6.20 Å². The first-order valence-corrected chi connectivity index (χ1v) is 7.85. The number of ether oxygens (including phenoxy) is 1. The fourth-order valence-electron chi connectivity index (χ4n) is 1.90. The number of nitrogens with zero attached hydrogens (tertiary/aromatic N) is 2. The van der Waals surface area contributed by atoms with Gasteiger partial charge in [-0.2, -0.15) is 4.98 Å². The zero-order valence-electron chi connectivity index (χ0n) is 13.1. The number of aromatic amines is 1. The van der Waals surface area contributed by atoms with Gasteiger partial charge in [-0.15, -0.1) is 0 Å². The molecule has 6 nitrogen and oxygen atoms in total. The highest BCUT2D eigenvalue weighted by Gasteiger charge is 2.15. The Morgan fingerprint density at radius 2 is 2.13 bits per heavy atom. The van der Waals surface area contributed by atoms with Gasteiger partial charge in [-0.05, 0) is 38.8 Å². The van der Waals surface area contributed by atoms with Gasteiger partial charge < -0.3 is 15.0 Å². The summed E-state index contributed by atoms with van der Waals surface area (Å²) in [5.74, 6) is 0. The molecule has 0 saturated carbocycles. The molecule has 0 aliphatic carbocycles. The lowest BCUT2D eigenvalue weighted by Gasteiger charge is -2.19. The molecule has 0 unspecified atom stereocenters. The SMILES string of the molecule is CC(C)(C)OC(=O)NCCC=Cc1c[nH]c2nc(Cl)nc(Cl)c12. The van der Waals surface area contributed by atoms with Crippen LogP contribution >= 0.6 is 23.2 Å². The van der Waals surface area contributed by atoms with Gasteiger partial charge in [0.05, 0.1) is 5.39 Å². The third-order valence-electron chi connectivity index (χ3n) is 2.77. The van der Waals surface area contributed by atoms with Crippen molar-refractivity contribution >= 4 is 46.4 Å². The Balaban J connectivity index is 1.91. The van der Waals surface area contributed by atoms with Crippen LogP contribution in [0.15, 0.2) is 12.3 Å². The van der Waals surface area contributed by atoms with E-state index in [0.29, 0.717) is 29.2 Å². The van der Waals surface area contributed by atoms with E-state index >= 15 is 0 Å². The highest BCUT2D eigenvalue weighted by Crippen LogP contribution is 2.26. The summed E-state index contributed by atoms with van der Waals surface area (Å²) in [5, 5.41) is 3.80. The second-order valence-corrected chi connectivity index (χ2v) is 6.57. The molecule has 2 heterocycles. The van der Waals surface area contributed by atoms with E-state index in [1.807, 2.05) is 32.9 Å². The van der Waals surface area contributed by atoms with Crippen LogP contribution in [0.25, 0.3) is 17.1 Å². The van der Waals surface area contributed by atoms with Crippen LogP contribution in [-0.4, -0.2) is 33.2 Å². The van der Waals surface area contributed by atoms with E-state index in [4.69, 9.17) is 27.9 Å². The number of halogens is 2. The van der Waals surface area contributed by atoms with Crippen LogP contribution in [0.4, 0.5) is 4.79 Å².